The number of aromatic nitrogens is 2. The van der Waals surface area contributed by atoms with E-state index in [0.717, 1.165) is 20.9 Å². The van der Waals surface area contributed by atoms with Crippen molar-refractivity contribution in [3.8, 4) is 0 Å². The van der Waals surface area contributed by atoms with Gasteiger partial charge in [0.2, 0.25) is 0 Å². The van der Waals surface area contributed by atoms with Crippen molar-refractivity contribution < 1.29 is 0 Å². The lowest BCUT2D eigenvalue weighted by Crippen LogP contribution is -2.23. The van der Waals surface area contributed by atoms with Gasteiger partial charge in [-0.1, -0.05) is 0 Å². The van der Waals surface area contributed by atoms with Crippen molar-refractivity contribution in [3.63, 3.8) is 0 Å². The summed E-state index contributed by atoms with van der Waals surface area (Å²) in [5.41, 5.74) is 0.772. The van der Waals surface area contributed by atoms with Gasteiger partial charge in [-0.15, -0.1) is 11.3 Å². The Balaban J connectivity index is 2.43. The molecule has 0 saturated heterocycles. The Kier molecular flexibility index (Phi) is 3.25. The van der Waals surface area contributed by atoms with Crippen LogP contribution >= 0.6 is 27.3 Å². The monoisotopic (exact) mass is 298 g/mol. The molecule has 0 fully saturated rings. The van der Waals surface area contributed by atoms with Crippen LogP contribution in [0, 0.1) is 13.8 Å². The predicted molar refractivity (Wildman–Crippen MR) is 69.1 cm³/mol. The molecule has 2 heterocycles. The molecule has 84 valence electrons. The fraction of sp³-hybridized carbons (Fsp3) is 0.273. The van der Waals surface area contributed by atoms with E-state index in [-0.39, 0.29) is 5.56 Å². The maximum atomic E-state index is 11.8. The summed E-state index contributed by atoms with van der Waals surface area (Å²) in [7, 11) is 0. The van der Waals surface area contributed by atoms with E-state index in [1.54, 1.807) is 22.0 Å². The molecular weight excluding hydrogens is 288 g/mol. The van der Waals surface area contributed by atoms with Crippen LogP contribution < -0.4 is 5.56 Å². The smallest absolute Gasteiger partial charge is 0.254 e. The molecule has 5 heteroatoms. The van der Waals surface area contributed by atoms with Gasteiger partial charge in [-0.25, -0.2) is 4.98 Å². The molecule has 0 saturated carbocycles. The van der Waals surface area contributed by atoms with E-state index in [4.69, 9.17) is 0 Å². The summed E-state index contributed by atoms with van der Waals surface area (Å²) in [6.07, 6.45) is 0. The summed E-state index contributed by atoms with van der Waals surface area (Å²) in [6, 6.07) is 3.55. The lowest BCUT2D eigenvalue weighted by molar-refractivity contribution is 0.700. The van der Waals surface area contributed by atoms with E-state index < -0.39 is 0 Å². The van der Waals surface area contributed by atoms with Gasteiger partial charge < -0.3 is 0 Å². The molecule has 0 amide bonds. The molecule has 0 spiro atoms. The second kappa shape index (κ2) is 4.51. The number of hydrogen-bond donors (Lipinski definition) is 0. The van der Waals surface area contributed by atoms with Crippen LogP contribution in [0.15, 0.2) is 26.8 Å². The highest BCUT2D eigenvalue weighted by atomic mass is 79.9. The van der Waals surface area contributed by atoms with Crippen molar-refractivity contribution >= 4 is 27.3 Å². The van der Waals surface area contributed by atoms with Crippen LogP contribution in [-0.2, 0) is 6.54 Å². The fourth-order valence-corrected chi connectivity index (χ4v) is 3.00. The number of thiophene rings is 1. The zero-order valence-corrected chi connectivity index (χ0v) is 11.4. The Labute approximate surface area is 106 Å². The first kappa shape index (κ1) is 11.5. The first-order valence-electron chi connectivity index (χ1n) is 4.85. The summed E-state index contributed by atoms with van der Waals surface area (Å²) < 4.78 is 2.73. The minimum Gasteiger partial charge on any atom is -0.292 e. The zero-order chi connectivity index (χ0) is 11.7. The van der Waals surface area contributed by atoms with Crippen LogP contribution in [0.2, 0.25) is 0 Å². The molecule has 0 N–H and O–H groups in total. The standard InChI is InChI=1S/C11H11BrN2OS/c1-7-5-11(15)14(8(2)13-7)6-10-9(12)3-4-16-10/h3-5H,6H2,1-2H3. The predicted octanol–water partition coefficient (Wildman–Crippen LogP) is 2.73. The van der Waals surface area contributed by atoms with E-state index in [9.17, 15) is 4.79 Å². The molecule has 2 aromatic heterocycles. The van der Waals surface area contributed by atoms with E-state index in [0.29, 0.717) is 6.54 Å². The van der Waals surface area contributed by atoms with E-state index in [1.807, 2.05) is 25.3 Å². The summed E-state index contributed by atoms with van der Waals surface area (Å²) in [5.74, 6) is 0.755. The molecule has 0 bridgehead atoms. The number of rotatable bonds is 2. The first-order valence-corrected chi connectivity index (χ1v) is 6.52. The summed E-state index contributed by atoms with van der Waals surface area (Å²) in [5, 5.41) is 2.00. The topological polar surface area (TPSA) is 34.9 Å². The van der Waals surface area contributed by atoms with Gasteiger partial charge >= 0.3 is 0 Å². The first-order chi connectivity index (χ1) is 7.58. The Hall–Kier alpha value is -0.940. The highest BCUT2D eigenvalue weighted by Gasteiger charge is 2.07. The van der Waals surface area contributed by atoms with Crippen LogP contribution in [0.5, 0.6) is 0 Å². The van der Waals surface area contributed by atoms with Crippen molar-refractivity contribution in [1.29, 1.82) is 0 Å². The highest BCUT2D eigenvalue weighted by molar-refractivity contribution is 9.10. The maximum absolute atomic E-state index is 11.8. The van der Waals surface area contributed by atoms with Crippen molar-refractivity contribution in [2.45, 2.75) is 20.4 Å². The second-order valence-corrected chi connectivity index (χ2v) is 5.42. The van der Waals surface area contributed by atoms with E-state index >= 15 is 0 Å². The Morgan fingerprint density at radius 3 is 2.81 bits per heavy atom. The normalized spacial score (nSPS) is 10.7. The van der Waals surface area contributed by atoms with Gasteiger partial charge in [0.15, 0.2) is 0 Å². The van der Waals surface area contributed by atoms with Gasteiger partial charge in [0.25, 0.3) is 5.56 Å². The molecule has 3 nitrogen and oxygen atoms in total. The summed E-state index contributed by atoms with van der Waals surface area (Å²) >= 11 is 5.09. The van der Waals surface area contributed by atoms with Crippen LogP contribution in [0.3, 0.4) is 0 Å². The van der Waals surface area contributed by atoms with Gasteiger partial charge in [0.05, 0.1) is 6.54 Å². The summed E-state index contributed by atoms with van der Waals surface area (Å²) in [4.78, 5) is 17.2. The molecule has 0 unspecified atom stereocenters. The zero-order valence-electron chi connectivity index (χ0n) is 9.03. The van der Waals surface area contributed by atoms with Gasteiger partial charge in [-0.2, -0.15) is 0 Å². The van der Waals surface area contributed by atoms with Crippen molar-refractivity contribution in [3.05, 3.63) is 48.7 Å². The molecule has 0 radical (unpaired) electrons. The van der Waals surface area contributed by atoms with Gasteiger partial charge in [0.1, 0.15) is 5.82 Å². The Bertz CT molecular complexity index is 574. The Morgan fingerprint density at radius 2 is 2.25 bits per heavy atom. The third-order valence-electron chi connectivity index (χ3n) is 2.32. The molecule has 2 aromatic rings. The Morgan fingerprint density at radius 1 is 1.50 bits per heavy atom. The number of hydrogen-bond acceptors (Lipinski definition) is 3. The van der Waals surface area contributed by atoms with E-state index in [2.05, 4.69) is 20.9 Å². The van der Waals surface area contributed by atoms with Gasteiger partial charge in [-0.3, -0.25) is 9.36 Å². The van der Waals surface area contributed by atoms with Crippen molar-refractivity contribution in [1.82, 2.24) is 9.55 Å². The third-order valence-corrected chi connectivity index (χ3v) is 4.23. The molecular formula is C11H11BrN2OS. The maximum Gasteiger partial charge on any atom is 0.254 e. The second-order valence-electron chi connectivity index (χ2n) is 3.56. The van der Waals surface area contributed by atoms with E-state index in [1.165, 1.54) is 0 Å². The van der Waals surface area contributed by atoms with Crippen LogP contribution in [-0.4, -0.2) is 9.55 Å². The molecule has 16 heavy (non-hydrogen) atoms. The number of nitrogens with zero attached hydrogens (tertiary/aromatic N) is 2. The summed E-state index contributed by atoms with van der Waals surface area (Å²) in [6.45, 7) is 4.27. The van der Waals surface area contributed by atoms with Crippen molar-refractivity contribution in [2.24, 2.45) is 0 Å². The molecule has 0 aliphatic heterocycles. The lowest BCUT2D eigenvalue weighted by atomic mass is 10.4. The average molecular weight is 299 g/mol. The third kappa shape index (κ3) is 2.25. The fourth-order valence-electron chi connectivity index (χ4n) is 1.54. The molecule has 2 rings (SSSR count). The SMILES string of the molecule is Cc1cc(=O)n(Cc2sccc2Br)c(C)n1. The van der Waals surface area contributed by atoms with Crippen molar-refractivity contribution in [2.75, 3.05) is 0 Å². The average Bonchev–Trinajstić information content (AvgIpc) is 2.57. The lowest BCUT2D eigenvalue weighted by Gasteiger charge is -2.08. The minimum absolute atomic E-state index is 0.00491. The molecule has 0 atom stereocenters. The number of halogens is 1. The number of aryl methyl sites for hydroxylation is 2. The van der Waals surface area contributed by atoms with Gasteiger partial charge in [0, 0.05) is 21.1 Å². The van der Waals surface area contributed by atoms with Gasteiger partial charge in [-0.05, 0) is 41.2 Å². The minimum atomic E-state index is 0.00491. The highest BCUT2D eigenvalue weighted by Crippen LogP contribution is 2.23. The largest absolute Gasteiger partial charge is 0.292 e. The molecule has 0 aliphatic carbocycles. The van der Waals surface area contributed by atoms with Crippen LogP contribution in [0.25, 0.3) is 0 Å². The van der Waals surface area contributed by atoms with Crippen LogP contribution in [0.4, 0.5) is 0 Å². The molecule has 0 aromatic carbocycles. The molecule has 0 aliphatic rings. The van der Waals surface area contributed by atoms with Crippen LogP contribution in [0.1, 0.15) is 16.4 Å². The quantitative estimate of drug-likeness (QED) is 0.854.